The van der Waals surface area contributed by atoms with E-state index in [1.54, 1.807) is 12.1 Å². The van der Waals surface area contributed by atoms with Crippen molar-refractivity contribution in [3.63, 3.8) is 0 Å². The predicted molar refractivity (Wildman–Crippen MR) is 101 cm³/mol. The smallest absolute Gasteiger partial charge is 0.238 e. The predicted octanol–water partition coefficient (Wildman–Crippen LogP) is 3.99. The van der Waals surface area contributed by atoms with Crippen LogP contribution in [0.1, 0.15) is 64.0 Å². The molecule has 0 aliphatic heterocycles. The van der Waals surface area contributed by atoms with E-state index in [0.717, 1.165) is 24.3 Å². The molecular formula is C20H28N2O3S. The number of aryl methyl sites for hydroxylation is 1. The minimum Gasteiger partial charge on any atom is -0.361 e. The molecule has 2 aromatic rings. The van der Waals surface area contributed by atoms with Crippen molar-refractivity contribution in [1.29, 1.82) is 0 Å². The van der Waals surface area contributed by atoms with E-state index in [1.807, 2.05) is 12.1 Å². The molecule has 2 atom stereocenters. The van der Waals surface area contributed by atoms with Gasteiger partial charge in [0.1, 0.15) is 5.76 Å². The number of benzene rings is 1. The number of sulfonamides is 1. The van der Waals surface area contributed by atoms with Gasteiger partial charge in [-0.2, -0.15) is 0 Å². The number of hydrogen-bond acceptors (Lipinski definition) is 4. The number of aromatic nitrogens is 1. The summed E-state index contributed by atoms with van der Waals surface area (Å²) in [6, 6.07) is 9.04. The highest BCUT2D eigenvalue weighted by Crippen LogP contribution is 2.66. The average Bonchev–Trinajstić information content (AvgIpc) is 2.85. The van der Waals surface area contributed by atoms with Crippen molar-refractivity contribution < 1.29 is 12.9 Å². The SMILES string of the molecule is CC(C)(C)c1cc(CC[C@@H]2C(c3ccc(S(N)(=O)=O)cc3)C2(C)C)no1. The molecule has 0 bridgehead atoms. The molecule has 2 N–H and O–H groups in total. The summed E-state index contributed by atoms with van der Waals surface area (Å²) in [6.45, 7) is 10.9. The van der Waals surface area contributed by atoms with E-state index in [0.29, 0.717) is 11.8 Å². The van der Waals surface area contributed by atoms with Crippen molar-refractivity contribution in [1.82, 2.24) is 5.16 Å². The molecule has 0 saturated heterocycles. The number of rotatable bonds is 5. The van der Waals surface area contributed by atoms with Gasteiger partial charge >= 0.3 is 0 Å². The van der Waals surface area contributed by atoms with Crippen LogP contribution in [0.25, 0.3) is 0 Å². The van der Waals surface area contributed by atoms with Gasteiger partial charge in [0, 0.05) is 11.5 Å². The second kappa shape index (κ2) is 6.20. The maximum absolute atomic E-state index is 11.4. The Balaban J connectivity index is 1.67. The highest BCUT2D eigenvalue weighted by Gasteiger charge is 2.57. The van der Waals surface area contributed by atoms with Crippen molar-refractivity contribution >= 4 is 10.0 Å². The van der Waals surface area contributed by atoms with Crippen molar-refractivity contribution in [2.24, 2.45) is 16.5 Å². The van der Waals surface area contributed by atoms with Gasteiger partial charge in [0.2, 0.25) is 10.0 Å². The Bertz CT molecular complexity index is 890. The highest BCUT2D eigenvalue weighted by molar-refractivity contribution is 7.89. The fourth-order valence-electron chi connectivity index (χ4n) is 3.90. The Morgan fingerprint density at radius 2 is 1.81 bits per heavy atom. The Morgan fingerprint density at radius 1 is 1.19 bits per heavy atom. The summed E-state index contributed by atoms with van der Waals surface area (Å²) >= 11 is 0. The van der Waals surface area contributed by atoms with Crippen LogP contribution in [0.15, 0.2) is 39.8 Å². The van der Waals surface area contributed by atoms with E-state index in [1.165, 1.54) is 5.56 Å². The lowest BCUT2D eigenvalue weighted by molar-refractivity contribution is 0.325. The fourth-order valence-corrected chi connectivity index (χ4v) is 4.41. The second-order valence-corrected chi connectivity index (χ2v) is 10.6. The standard InChI is InChI=1S/C20H28N2O3S/c1-19(2,3)17-12-14(22-25-17)8-11-16-18(20(16,4)5)13-6-9-15(10-7-13)26(21,23)24/h6-7,9-10,12,16,18H,8,11H2,1-5H3,(H2,21,23,24)/t16-,18?/m1/s1. The number of primary sulfonamides is 1. The molecule has 3 rings (SSSR count). The highest BCUT2D eigenvalue weighted by atomic mass is 32.2. The van der Waals surface area contributed by atoms with Gasteiger partial charge in [-0.3, -0.25) is 0 Å². The van der Waals surface area contributed by atoms with E-state index in [4.69, 9.17) is 9.66 Å². The summed E-state index contributed by atoms with van der Waals surface area (Å²) in [4.78, 5) is 0.161. The molecule has 1 fully saturated rings. The third kappa shape index (κ3) is 3.71. The first-order valence-electron chi connectivity index (χ1n) is 8.99. The van der Waals surface area contributed by atoms with Gasteiger partial charge in [0.25, 0.3) is 0 Å². The average molecular weight is 377 g/mol. The van der Waals surface area contributed by atoms with Crippen LogP contribution in [0, 0.1) is 11.3 Å². The Morgan fingerprint density at radius 3 is 2.31 bits per heavy atom. The summed E-state index contributed by atoms with van der Waals surface area (Å²) in [5, 5.41) is 9.39. The van der Waals surface area contributed by atoms with Crippen LogP contribution in [0.3, 0.4) is 0 Å². The topological polar surface area (TPSA) is 86.2 Å². The molecule has 0 radical (unpaired) electrons. The lowest BCUT2D eigenvalue weighted by Crippen LogP contribution is -2.11. The molecule has 26 heavy (non-hydrogen) atoms. The quantitative estimate of drug-likeness (QED) is 0.855. The lowest BCUT2D eigenvalue weighted by Gasteiger charge is -2.12. The number of nitrogens with zero attached hydrogens (tertiary/aromatic N) is 1. The molecule has 5 nitrogen and oxygen atoms in total. The monoisotopic (exact) mass is 376 g/mol. The summed E-state index contributed by atoms with van der Waals surface area (Å²) in [5.41, 5.74) is 2.33. The van der Waals surface area contributed by atoms with Gasteiger partial charge in [0.15, 0.2) is 0 Å². The zero-order valence-corrected chi connectivity index (χ0v) is 16.9. The van der Waals surface area contributed by atoms with Crippen LogP contribution in [-0.2, 0) is 21.9 Å². The first-order valence-corrected chi connectivity index (χ1v) is 10.5. The molecule has 142 valence electrons. The maximum Gasteiger partial charge on any atom is 0.238 e. The largest absolute Gasteiger partial charge is 0.361 e. The molecule has 1 aliphatic carbocycles. The van der Waals surface area contributed by atoms with Gasteiger partial charge in [-0.1, -0.05) is 51.9 Å². The van der Waals surface area contributed by atoms with Crippen LogP contribution in [-0.4, -0.2) is 13.6 Å². The lowest BCUT2D eigenvalue weighted by atomic mass is 9.93. The maximum atomic E-state index is 11.4. The second-order valence-electron chi connectivity index (χ2n) is 8.99. The normalized spacial score (nSPS) is 22.4. The third-order valence-electron chi connectivity index (χ3n) is 5.63. The first-order chi connectivity index (χ1) is 11.9. The van der Waals surface area contributed by atoms with E-state index in [9.17, 15) is 8.42 Å². The molecule has 1 heterocycles. The van der Waals surface area contributed by atoms with Gasteiger partial charge in [-0.25, -0.2) is 13.6 Å². The summed E-state index contributed by atoms with van der Waals surface area (Å²) in [7, 11) is -3.64. The molecule has 1 aromatic heterocycles. The Kier molecular flexibility index (Phi) is 4.56. The number of hydrogen-bond donors (Lipinski definition) is 1. The van der Waals surface area contributed by atoms with Crippen molar-refractivity contribution in [3.05, 3.63) is 47.3 Å². The van der Waals surface area contributed by atoms with E-state index >= 15 is 0 Å². The van der Waals surface area contributed by atoms with Crippen LogP contribution in [0.4, 0.5) is 0 Å². The summed E-state index contributed by atoms with van der Waals surface area (Å²) in [5.74, 6) is 1.88. The molecule has 6 heteroatoms. The first kappa shape index (κ1) is 19.1. The summed E-state index contributed by atoms with van der Waals surface area (Å²) in [6.07, 6.45) is 1.92. The molecule has 1 saturated carbocycles. The zero-order chi connectivity index (χ0) is 19.3. The molecule has 1 aromatic carbocycles. The van der Waals surface area contributed by atoms with Crippen LogP contribution in [0.5, 0.6) is 0 Å². The van der Waals surface area contributed by atoms with Gasteiger partial charge in [-0.15, -0.1) is 0 Å². The molecule has 0 amide bonds. The molecule has 1 aliphatic rings. The molecule has 0 spiro atoms. The van der Waals surface area contributed by atoms with E-state index in [-0.39, 0.29) is 15.7 Å². The van der Waals surface area contributed by atoms with Crippen LogP contribution >= 0.6 is 0 Å². The zero-order valence-electron chi connectivity index (χ0n) is 16.1. The number of nitrogens with two attached hydrogens (primary N) is 1. The van der Waals surface area contributed by atoms with E-state index in [2.05, 4.69) is 45.8 Å². The Labute approximate surface area is 156 Å². The van der Waals surface area contributed by atoms with Gasteiger partial charge < -0.3 is 4.52 Å². The van der Waals surface area contributed by atoms with Crippen molar-refractivity contribution in [3.8, 4) is 0 Å². The van der Waals surface area contributed by atoms with Crippen LogP contribution < -0.4 is 5.14 Å². The van der Waals surface area contributed by atoms with Crippen molar-refractivity contribution in [2.75, 3.05) is 0 Å². The van der Waals surface area contributed by atoms with Gasteiger partial charge in [-0.05, 0) is 47.8 Å². The summed E-state index contributed by atoms with van der Waals surface area (Å²) < 4.78 is 28.3. The third-order valence-corrected chi connectivity index (χ3v) is 6.56. The van der Waals surface area contributed by atoms with Crippen LogP contribution in [0.2, 0.25) is 0 Å². The minimum atomic E-state index is -3.64. The fraction of sp³-hybridized carbons (Fsp3) is 0.550. The molecular weight excluding hydrogens is 348 g/mol. The Hall–Kier alpha value is -1.66. The van der Waals surface area contributed by atoms with Crippen molar-refractivity contribution in [2.45, 2.75) is 63.7 Å². The van der Waals surface area contributed by atoms with Gasteiger partial charge in [0.05, 0.1) is 10.6 Å². The molecule has 1 unspecified atom stereocenters. The van der Waals surface area contributed by atoms with E-state index < -0.39 is 10.0 Å². The minimum absolute atomic E-state index is 0.0300.